The van der Waals surface area contributed by atoms with Crippen LogP contribution in [0, 0.1) is 5.92 Å². The van der Waals surface area contributed by atoms with Crippen LogP contribution in [-0.2, 0) is 4.79 Å². The highest BCUT2D eigenvalue weighted by molar-refractivity contribution is 5.78. The highest BCUT2D eigenvalue weighted by atomic mass is 16.2. The molecule has 0 saturated carbocycles. The van der Waals surface area contributed by atoms with Crippen LogP contribution in [0.1, 0.15) is 39.5 Å². The fourth-order valence-corrected chi connectivity index (χ4v) is 1.46. The van der Waals surface area contributed by atoms with E-state index < -0.39 is 0 Å². The molecule has 0 saturated heterocycles. The Morgan fingerprint density at radius 3 is 2.57 bits per heavy atom. The van der Waals surface area contributed by atoms with Gasteiger partial charge in [0.15, 0.2) is 0 Å². The molecule has 0 rings (SSSR count). The topological polar surface area (TPSA) is 46.3 Å². The Balaban J connectivity index is 3.74. The van der Waals surface area contributed by atoms with Gasteiger partial charge in [0, 0.05) is 19.5 Å². The van der Waals surface area contributed by atoms with E-state index >= 15 is 0 Å². The largest absolute Gasteiger partial charge is 0.346 e. The minimum Gasteiger partial charge on any atom is -0.346 e. The maximum atomic E-state index is 11.7. The van der Waals surface area contributed by atoms with Crippen molar-refractivity contribution in [1.82, 2.24) is 4.90 Å². The second kappa shape index (κ2) is 7.80. The van der Waals surface area contributed by atoms with Crippen molar-refractivity contribution in [2.45, 2.75) is 39.5 Å². The number of nitrogens with zero attached hydrogens (tertiary/aromatic N) is 1. The van der Waals surface area contributed by atoms with Crippen LogP contribution >= 0.6 is 0 Å². The number of rotatable bonds is 7. The van der Waals surface area contributed by atoms with Crippen LogP contribution < -0.4 is 5.73 Å². The van der Waals surface area contributed by atoms with Crippen molar-refractivity contribution in [3.05, 3.63) is 0 Å². The standard InChI is InChI=1S/C11H24N2O/c1-4-5-6-9-13(3)11(14)10(2)7-8-12/h10H,4-9,12H2,1-3H3. The van der Waals surface area contributed by atoms with E-state index in [2.05, 4.69) is 6.92 Å². The molecule has 0 aliphatic rings. The van der Waals surface area contributed by atoms with E-state index in [-0.39, 0.29) is 11.8 Å². The molecule has 0 radical (unpaired) electrons. The molecule has 1 amide bonds. The number of unbranched alkanes of at least 4 members (excludes halogenated alkanes) is 2. The summed E-state index contributed by atoms with van der Waals surface area (Å²) in [5.74, 6) is 0.304. The molecule has 2 N–H and O–H groups in total. The van der Waals surface area contributed by atoms with Crippen LogP contribution in [-0.4, -0.2) is 30.9 Å². The Hall–Kier alpha value is -0.570. The van der Waals surface area contributed by atoms with Crippen LogP contribution in [0.2, 0.25) is 0 Å². The summed E-state index contributed by atoms with van der Waals surface area (Å²) >= 11 is 0. The van der Waals surface area contributed by atoms with E-state index in [1.54, 1.807) is 0 Å². The minimum atomic E-state index is 0.0756. The Morgan fingerprint density at radius 2 is 2.07 bits per heavy atom. The summed E-state index contributed by atoms with van der Waals surface area (Å²) in [5, 5.41) is 0. The first-order chi connectivity index (χ1) is 6.63. The van der Waals surface area contributed by atoms with E-state index in [1.807, 2.05) is 18.9 Å². The predicted octanol–water partition coefficient (Wildman–Crippen LogP) is 1.62. The fraction of sp³-hybridized carbons (Fsp3) is 0.909. The van der Waals surface area contributed by atoms with Crippen molar-refractivity contribution in [3.8, 4) is 0 Å². The second-order valence-corrected chi connectivity index (χ2v) is 3.95. The lowest BCUT2D eigenvalue weighted by molar-refractivity contribution is -0.133. The first kappa shape index (κ1) is 13.4. The zero-order valence-corrected chi connectivity index (χ0v) is 9.75. The molecule has 0 aliphatic heterocycles. The SMILES string of the molecule is CCCCCN(C)C(=O)C(C)CCN. The van der Waals surface area contributed by atoms with Gasteiger partial charge in [0.1, 0.15) is 0 Å². The smallest absolute Gasteiger partial charge is 0.225 e. The average molecular weight is 200 g/mol. The van der Waals surface area contributed by atoms with Crippen molar-refractivity contribution in [2.75, 3.05) is 20.1 Å². The Bertz CT molecular complexity index is 159. The zero-order valence-electron chi connectivity index (χ0n) is 9.75. The monoisotopic (exact) mass is 200 g/mol. The highest BCUT2D eigenvalue weighted by Crippen LogP contribution is 2.06. The van der Waals surface area contributed by atoms with Gasteiger partial charge in [0.2, 0.25) is 5.91 Å². The second-order valence-electron chi connectivity index (χ2n) is 3.95. The summed E-state index contributed by atoms with van der Waals surface area (Å²) in [5.41, 5.74) is 5.42. The maximum Gasteiger partial charge on any atom is 0.225 e. The number of nitrogens with two attached hydrogens (primary N) is 1. The molecule has 0 bridgehead atoms. The summed E-state index contributed by atoms with van der Waals surface area (Å²) in [4.78, 5) is 13.5. The number of amides is 1. The molecule has 0 spiro atoms. The molecular formula is C11H24N2O. The van der Waals surface area contributed by atoms with Gasteiger partial charge in [-0.1, -0.05) is 26.7 Å². The highest BCUT2D eigenvalue weighted by Gasteiger charge is 2.15. The molecule has 0 aromatic rings. The van der Waals surface area contributed by atoms with Crippen molar-refractivity contribution in [1.29, 1.82) is 0 Å². The zero-order chi connectivity index (χ0) is 11.0. The molecule has 0 aromatic carbocycles. The van der Waals surface area contributed by atoms with Crippen LogP contribution in [0.4, 0.5) is 0 Å². The molecule has 84 valence electrons. The molecule has 3 heteroatoms. The van der Waals surface area contributed by atoms with Gasteiger partial charge in [-0.05, 0) is 19.4 Å². The Labute approximate surface area is 87.6 Å². The molecule has 14 heavy (non-hydrogen) atoms. The normalized spacial score (nSPS) is 12.6. The van der Waals surface area contributed by atoms with Crippen molar-refractivity contribution in [2.24, 2.45) is 11.7 Å². The number of carbonyl (C=O) groups excluding carboxylic acids is 1. The van der Waals surface area contributed by atoms with Crippen molar-refractivity contribution in [3.63, 3.8) is 0 Å². The molecule has 0 heterocycles. The van der Waals surface area contributed by atoms with Crippen molar-refractivity contribution >= 4 is 5.91 Å². The van der Waals surface area contributed by atoms with E-state index in [4.69, 9.17) is 5.73 Å². The lowest BCUT2D eigenvalue weighted by atomic mass is 10.1. The maximum absolute atomic E-state index is 11.7. The first-order valence-electron chi connectivity index (χ1n) is 5.58. The molecule has 0 fully saturated rings. The summed E-state index contributed by atoms with van der Waals surface area (Å²) in [6, 6.07) is 0. The van der Waals surface area contributed by atoms with Gasteiger partial charge in [-0.2, -0.15) is 0 Å². The molecule has 0 aliphatic carbocycles. The van der Waals surface area contributed by atoms with Crippen molar-refractivity contribution < 1.29 is 4.79 Å². The molecule has 1 atom stereocenters. The number of hydrogen-bond donors (Lipinski definition) is 1. The van der Waals surface area contributed by atoms with Gasteiger partial charge in [0.25, 0.3) is 0 Å². The average Bonchev–Trinajstić information content (AvgIpc) is 2.17. The quantitative estimate of drug-likeness (QED) is 0.635. The fourth-order valence-electron chi connectivity index (χ4n) is 1.46. The third kappa shape index (κ3) is 5.22. The minimum absolute atomic E-state index is 0.0756. The van der Waals surface area contributed by atoms with Gasteiger partial charge < -0.3 is 10.6 Å². The Morgan fingerprint density at radius 1 is 1.43 bits per heavy atom. The van der Waals surface area contributed by atoms with Crippen LogP contribution in [0.3, 0.4) is 0 Å². The van der Waals surface area contributed by atoms with Crippen LogP contribution in [0.15, 0.2) is 0 Å². The summed E-state index contributed by atoms with van der Waals surface area (Å²) in [6.07, 6.45) is 4.29. The lowest BCUT2D eigenvalue weighted by Crippen LogP contribution is -2.33. The van der Waals surface area contributed by atoms with Gasteiger partial charge in [-0.25, -0.2) is 0 Å². The van der Waals surface area contributed by atoms with Crippen LogP contribution in [0.5, 0.6) is 0 Å². The van der Waals surface area contributed by atoms with Gasteiger partial charge in [-0.15, -0.1) is 0 Å². The van der Waals surface area contributed by atoms with Gasteiger partial charge >= 0.3 is 0 Å². The first-order valence-corrected chi connectivity index (χ1v) is 5.58. The van der Waals surface area contributed by atoms with E-state index in [0.717, 1.165) is 19.4 Å². The lowest BCUT2D eigenvalue weighted by Gasteiger charge is -2.20. The molecule has 3 nitrogen and oxygen atoms in total. The van der Waals surface area contributed by atoms with E-state index in [0.29, 0.717) is 6.54 Å². The van der Waals surface area contributed by atoms with Gasteiger partial charge in [-0.3, -0.25) is 4.79 Å². The van der Waals surface area contributed by atoms with E-state index in [1.165, 1.54) is 12.8 Å². The third-order valence-electron chi connectivity index (χ3n) is 2.49. The number of carbonyl (C=O) groups is 1. The summed E-state index contributed by atoms with van der Waals surface area (Å²) in [7, 11) is 1.88. The third-order valence-corrected chi connectivity index (χ3v) is 2.49. The molecule has 0 aromatic heterocycles. The Kier molecular flexibility index (Phi) is 7.48. The predicted molar refractivity (Wildman–Crippen MR) is 60.0 cm³/mol. The summed E-state index contributed by atoms with van der Waals surface area (Å²) < 4.78 is 0. The summed E-state index contributed by atoms with van der Waals surface area (Å²) in [6.45, 7) is 5.58. The number of hydrogen-bond acceptors (Lipinski definition) is 2. The van der Waals surface area contributed by atoms with E-state index in [9.17, 15) is 4.79 Å². The molecule has 1 unspecified atom stereocenters. The van der Waals surface area contributed by atoms with Crippen LogP contribution in [0.25, 0.3) is 0 Å². The van der Waals surface area contributed by atoms with Gasteiger partial charge in [0.05, 0.1) is 0 Å². The molecular weight excluding hydrogens is 176 g/mol.